The standard InChI is InChI=1S/C19H25N3O5/c1-13-9-15(10-16(19(24)27-2)18(13)22(25)26)20-7-8-21(17(23)12-20)11-14-5-3-4-6-14/h9-10,14H,3-8,11-12H2,1-2H3. The molecule has 0 radical (unpaired) electrons. The molecule has 146 valence electrons. The maximum Gasteiger partial charge on any atom is 0.344 e. The van der Waals surface area contributed by atoms with Crippen LogP contribution < -0.4 is 4.90 Å². The van der Waals surface area contributed by atoms with Crippen LogP contribution in [-0.4, -0.2) is 55.0 Å². The number of amides is 1. The highest BCUT2D eigenvalue weighted by Gasteiger charge is 2.30. The van der Waals surface area contributed by atoms with E-state index < -0.39 is 10.9 Å². The van der Waals surface area contributed by atoms with Gasteiger partial charge in [-0.05, 0) is 37.8 Å². The van der Waals surface area contributed by atoms with Crippen LogP contribution in [-0.2, 0) is 9.53 Å². The molecule has 0 atom stereocenters. The predicted molar refractivity (Wildman–Crippen MR) is 99.9 cm³/mol. The lowest BCUT2D eigenvalue weighted by Gasteiger charge is -2.37. The van der Waals surface area contributed by atoms with E-state index >= 15 is 0 Å². The van der Waals surface area contributed by atoms with E-state index in [0.717, 1.165) is 6.54 Å². The molecular formula is C19H25N3O5. The summed E-state index contributed by atoms with van der Waals surface area (Å²) in [6.45, 7) is 3.88. The number of esters is 1. The Morgan fingerprint density at radius 3 is 2.59 bits per heavy atom. The van der Waals surface area contributed by atoms with E-state index in [9.17, 15) is 19.7 Å². The molecule has 0 unspecified atom stereocenters. The third-order valence-corrected chi connectivity index (χ3v) is 5.51. The number of benzene rings is 1. The quantitative estimate of drug-likeness (QED) is 0.446. The van der Waals surface area contributed by atoms with Crippen molar-refractivity contribution in [2.45, 2.75) is 32.6 Å². The molecule has 8 heteroatoms. The van der Waals surface area contributed by atoms with Gasteiger partial charge in [0.15, 0.2) is 0 Å². The van der Waals surface area contributed by atoms with Crippen molar-refractivity contribution in [1.82, 2.24) is 4.90 Å². The molecule has 2 fully saturated rings. The first kappa shape index (κ1) is 19.1. The first-order valence-corrected chi connectivity index (χ1v) is 9.30. The monoisotopic (exact) mass is 375 g/mol. The first-order valence-electron chi connectivity index (χ1n) is 9.30. The van der Waals surface area contributed by atoms with Crippen LogP contribution in [0.5, 0.6) is 0 Å². The molecular weight excluding hydrogens is 350 g/mol. The van der Waals surface area contributed by atoms with Gasteiger partial charge in [-0.15, -0.1) is 0 Å². The average Bonchev–Trinajstić information content (AvgIpc) is 3.14. The highest BCUT2D eigenvalue weighted by atomic mass is 16.6. The van der Waals surface area contributed by atoms with Gasteiger partial charge < -0.3 is 14.5 Å². The van der Waals surface area contributed by atoms with Gasteiger partial charge in [0.2, 0.25) is 5.91 Å². The Hall–Kier alpha value is -2.64. The Kier molecular flexibility index (Phi) is 5.62. The summed E-state index contributed by atoms with van der Waals surface area (Å²) in [5.41, 5.74) is 0.668. The Balaban J connectivity index is 1.78. The molecule has 3 rings (SSSR count). The van der Waals surface area contributed by atoms with Gasteiger partial charge in [-0.1, -0.05) is 12.8 Å². The average molecular weight is 375 g/mol. The number of nitrogens with zero attached hydrogens (tertiary/aromatic N) is 3. The fraction of sp³-hybridized carbons (Fsp3) is 0.579. The zero-order valence-electron chi connectivity index (χ0n) is 15.8. The molecule has 8 nitrogen and oxygen atoms in total. The number of hydrogen-bond donors (Lipinski definition) is 0. The Morgan fingerprint density at radius 2 is 2.00 bits per heavy atom. The number of ether oxygens (including phenoxy) is 1. The molecule has 1 aromatic carbocycles. The number of aryl methyl sites for hydroxylation is 1. The SMILES string of the molecule is COC(=O)c1cc(N2CCN(CC3CCCC3)C(=O)C2)cc(C)c1[N+](=O)[O-]. The number of carbonyl (C=O) groups excluding carboxylic acids is 2. The molecule has 1 amide bonds. The van der Waals surface area contributed by atoms with Crippen LogP contribution in [0.15, 0.2) is 12.1 Å². The predicted octanol–water partition coefficient (Wildman–Crippen LogP) is 2.53. The fourth-order valence-electron chi connectivity index (χ4n) is 4.08. The number of nitro benzene ring substituents is 1. The molecule has 1 aromatic rings. The number of hydrogen-bond acceptors (Lipinski definition) is 6. The van der Waals surface area contributed by atoms with Gasteiger partial charge in [0.1, 0.15) is 5.56 Å². The maximum atomic E-state index is 12.6. The van der Waals surface area contributed by atoms with Gasteiger partial charge in [0, 0.05) is 30.9 Å². The van der Waals surface area contributed by atoms with Crippen LogP contribution in [0.2, 0.25) is 0 Å². The number of piperazine rings is 1. The van der Waals surface area contributed by atoms with E-state index in [1.54, 1.807) is 13.0 Å². The van der Waals surface area contributed by atoms with Crippen molar-refractivity contribution in [3.8, 4) is 0 Å². The molecule has 0 spiro atoms. The van der Waals surface area contributed by atoms with Crippen molar-refractivity contribution in [2.24, 2.45) is 5.92 Å². The van der Waals surface area contributed by atoms with Crippen LogP contribution in [0.1, 0.15) is 41.6 Å². The fourth-order valence-corrected chi connectivity index (χ4v) is 4.08. The van der Waals surface area contributed by atoms with E-state index in [0.29, 0.717) is 30.3 Å². The van der Waals surface area contributed by atoms with Crippen molar-refractivity contribution in [2.75, 3.05) is 38.2 Å². The second kappa shape index (κ2) is 7.94. The van der Waals surface area contributed by atoms with E-state index in [1.165, 1.54) is 38.9 Å². The Bertz CT molecular complexity index is 758. The number of methoxy groups -OCH3 is 1. The lowest BCUT2D eigenvalue weighted by atomic mass is 10.0. The summed E-state index contributed by atoms with van der Waals surface area (Å²) in [6, 6.07) is 3.11. The van der Waals surface area contributed by atoms with Crippen LogP contribution in [0.4, 0.5) is 11.4 Å². The van der Waals surface area contributed by atoms with Crippen molar-refractivity contribution in [1.29, 1.82) is 0 Å². The number of nitro groups is 1. The first-order chi connectivity index (χ1) is 12.9. The van der Waals surface area contributed by atoms with E-state index in [1.807, 2.05) is 9.80 Å². The van der Waals surface area contributed by atoms with Crippen molar-refractivity contribution in [3.63, 3.8) is 0 Å². The zero-order chi connectivity index (χ0) is 19.6. The molecule has 1 heterocycles. The molecule has 0 aromatic heterocycles. The van der Waals surface area contributed by atoms with Crippen LogP contribution in [0.25, 0.3) is 0 Å². The second-order valence-electron chi connectivity index (χ2n) is 7.32. The summed E-state index contributed by atoms with van der Waals surface area (Å²) in [5, 5.41) is 11.3. The normalized spacial score (nSPS) is 18.1. The van der Waals surface area contributed by atoms with Gasteiger partial charge in [-0.25, -0.2) is 4.79 Å². The van der Waals surface area contributed by atoms with Crippen molar-refractivity contribution in [3.05, 3.63) is 33.4 Å². The van der Waals surface area contributed by atoms with Gasteiger partial charge in [0.25, 0.3) is 5.69 Å². The summed E-state index contributed by atoms with van der Waals surface area (Å²) in [6.07, 6.45) is 4.88. The number of anilines is 1. The van der Waals surface area contributed by atoms with E-state index in [-0.39, 0.29) is 23.7 Å². The molecule has 0 N–H and O–H groups in total. The zero-order valence-corrected chi connectivity index (χ0v) is 15.8. The maximum absolute atomic E-state index is 12.6. The summed E-state index contributed by atoms with van der Waals surface area (Å²) in [5.74, 6) is -0.0883. The highest BCUT2D eigenvalue weighted by Crippen LogP contribution is 2.31. The Labute approximate surface area is 158 Å². The third kappa shape index (κ3) is 4.04. The minimum Gasteiger partial charge on any atom is -0.465 e. The van der Waals surface area contributed by atoms with E-state index in [2.05, 4.69) is 0 Å². The second-order valence-corrected chi connectivity index (χ2v) is 7.32. The molecule has 27 heavy (non-hydrogen) atoms. The number of carbonyl (C=O) groups is 2. The lowest BCUT2D eigenvalue weighted by Crippen LogP contribution is -2.51. The van der Waals surface area contributed by atoms with Crippen molar-refractivity contribution >= 4 is 23.3 Å². The molecule has 0 bridgehead atoms. The third-order valence-electron chi connectivity index (χ3n) is 5.51. The smallest absolute Gasteiger partial charge is 0.344 e. The molecule has 1 aliphatic heterocycles. The van der Waals surface area contributed by atoms with Gasteiger partial charge in [0.05, 0.1) is 18.6 Å². The minimum atomic E-state index is -0.752. The minimum absolute atomic E-state index is 0.0590. The molecule has 2 aliphatic rings. The summed E-state index contributed by atoms with van der Waals surface area (Å²) >= 11 is 0. The van der Waals surface area contributed by atoms with Crippen LogP contribution in [0.3, 0.4) is 0 Å². The molecule has 1 saturated heterocycles. The summed E-state index contributed by atoms with van der Waals surface area (Å²) in [4.78, 5) is 39.2. The topological polar surface area (TPSA) is 93.0 Å². The van der Waals surface area contributed by atoms with Gasteiger partial charge in [-0.3, -0.25) is 14.9 Å². The summed E-state index contributed by atoms with van der Waals surface area (Å²) in [7, 11) is 1.19. The summed E-state index contributed by atoms with van der Waals surface area (Å²) < 4.78 is 4.70. The van der Waals surface area contributed by atoms with Gasteiger partial charge >= 0.3 is 5.97 Å². The highest BCUT2D eigenvalue weighted by molar-refractivity contribution is 5.96. The number of rotatable bonds is 5. The van der Waals surface area contributed by atoms with Crippen LogP contribution >= 0.6 is 0 Å². The largest absolute Gasteiger partial charge is 0.465 e. The van der Waals surface area contributed by atoms with Crippen molar-refractivity contribution < 1.29 is 19.2 Å². The lowest BCUT2D eigenvalue weighted by molar-refractivity contribution is -0.385. The molecule has 1 aliphatic carbocycles. The Morgan fingerprint density at radius 1 is 1.30 bits per heavy atom. The van der Waals surface area contributed by atoms with Crippen LogP contribution in [0, 0.1) is 23.0 Å². The van der Waals surface area contributed by atoms with Gasteiger partial charge in [-0.2, -0.15) is 0 Å². The van der Waals surface area contributed by atoms with E-state index in [4.69, 9.17) is 4.74 Å². The molecule has 1 saturated carbocycles.